The average Bonchev–Trinajstić information content (AvgIpc) is 2.84. The summed E-state index contributed by atoms with van der Waals surface area (Å²) < 4.78 is 29.7. The molecular formula is C31H34F2N2O2. The summed E-state index contributed by atoms with van der Waals surface area (Å²) in [7, 11) is 0. The molecule has 0 amide bonds. The van der Waals surface area contributed by atoms with Gasteiger partial charge in [0.05, 0.1) is 0 Å². The molecule has 1 atom stereocenters. The third-order valence-corrected chi connectivity index (χ3v) is 6.79. The summed E-state index contributed by atoms with van der Waals surface area (Å²) in [4.78, 5) is 18.2. The Hall–Kier alpha value is -3.51. The van der Waals surface area contributed by atoms with E-state index in [4.69, 9.17) is 0 Å². The van der Waals surface area contributed by atoms with Gasteiger partial charge in [-0.1, -0.05) is 68.8 Å². The summed E-state index contributed by atoms with van der Waals surface area (Å²) in [6, 6.07) is 23.1. The van der Waals surface area contributed by atoms with Gasteiger partial charge in [0, 0.05) is 30.2 Å². The van der Waals surface area contributed by atoms with Crippen LogP contribution < -0.4 is 10.3 Å². The first-order chi connectivity index (χ1) is 17.5. The van der Waals surface area contributed by atoms with Crippen molar-refractivity contribution in [2.24, 2.45) is 0 Å². The molecule has 1 heterocycles. The Morgan fingerprint density at radius 1 is 0.919 bits per heavy atom. The van der Waals surface area contributed by atoms with Crippen LogP contribution >= 0.6 is 0 Å². The van der Waals surface area contributed by atoms with E-state index >= 15 is 0 Å². The normalized spacial score (nSPS) is 12.9. The van der Waals surface area contributed by atoms with Crippen molar-refractivity contribution in [3.05, 3.63) is 111 Å². The maximum atomic E-state index is 13.0. The number of aryl methyl sites for hydroxylation is 1. The minimum Gasteiger partial charge on any atom is -0.435 e. The molecule has 0 saturated carbocycles. The second kappa shape index (κ2) is 10.9. The largest absolute Gasteiger partial charge is 0.435 e. The van der Waals surface area contributed by atoms with E-state index in [1.165, 1.54) is 5.56 Å². The molecule has 4 nitrogen and oxygen atoms in total. The number of alkyl halides is 2. The molecule has 0 fully saturated rings. The molecule has 194 valence electrons. The van der Waals surface area contributed by atoms with Crippen LogP contribution in [0.15, 0.2) is 77.6 Å². The highest BCUT2D eigenvalue weighted by molar-refractivity contribution is 5.79. The molecule has 0 aliphatic carbocycles. The first-order valence-electron chi connectivity index (χ1n) is 12.5. The standard InChI is InChI=1S/C31H34F2N2O2/c1-20-6-15-28-24(16-20)17-25(29(36)34-28)19-35(18-22-7-11-26(12-8-22)31(3,4)5)21(2)23-9-13-27(14-10-23)37-30(32)33/h6-17,21,30H,18-19H2,1-5H3,(H,34,36). The van der Waals surface area contributed by atoms with Gasteiger partial charge < -0.3 is 9.72 Å². The van der Waals surface area contributed by atoms with Crippen LogP contribution in [0.2, 0.25) is 0 Å². The number of aromatic nitrogens is 1. The van der Waals surface area contributed by atoms with E-state index in [1.807, 2.05) is 25.1 Å². The van der Waals surface area contributed by atoms with Gasteiger partial charge in [-0.2, -0.15) is 8.78 Å². The average molecular weight is 505 g/mol. The van der Waals surface area contributed by atoms with Gasteiger partial charge in [0.1, 0.15) is 5.75 Å². The van der Waals surface area contributed by atoms with Gasteiger partial charge in [-0.15, -0.1) is 0 Å². The number of benzene rings is 3. The zero-order valence-corrected chi connectivity index (χ0v) is 22.0. The third-order valence-electron chi connectivity index (χ3n) is 6.79. The minimum absolute atomic E-state index is 0.0596. The number of nitrogens with zero attached hydrogens (tertiary/aromatic N) is 1. The molecule has 1 unspecified atom stereocenters. The molecule has 0 aliphatic heterocycles. The van der Waals surface area contributed by atoms with Crippen molar-refractivity contribution < 1.29 is 13.5 Å². The van der Waals surface area contributed by atoms with Crippen LogP contribution in [0.1, 0.15) is 61.6 Å². The highest BCUT2D eigenvalue weighted by Gasteiger charge is 2.20. The number of hydrogen-bond donors (Lipinski definition) is 1. The summed E-state index contributed by atoms with van der Waals surface area (Å²) in [6.45, 7) is 8.83. The fourth-order valence-electron chi connectivity index (χ4n) is 4.52. The first kappa shape index (κ1) is 26.6. The maximum absolute atomic E-state index is 13.0. The molecule has 0 aliphatic rings. The molecule has 4 aromatic rings. The SMILES string of the molecule is Cc1ccc2[nH]c(=O)c(CN(Cc3ccc(C(C)(C)C)cc3)C(C)c3ccc(OC(F)F)cc3)cc2c1. The fraction of sp³-hybridized carbons (Fsp3) is 0.323. The van der Waals surface area contributed by atoms with E-state index in [9.17, 15) is 13.6 Å². The number of nitrogens with one attached hydrogen (secondary N) is 1. The minimum atomic E-state index is -2.86. The lowest BCUT2D eigenvalue weighted by atomic mass is 9.86. The monoisotopic (exact) mass is 504 g/mol. The van der Waals surface area contributed by atoms with Crippen LogP contribution in [0, 0.1) is 6.92 Å². The Balaban J connectivity index is 1.66. The molecule has 1 aromatic heterocycles. The van der Waals surface area contributed by atoms with Crippen LogP contribution in [0.25, 0.3) is 10.9 Å². The van der Waals surface area contributed by atoms with Gasteiger partial charge in [0.25, 0.3) is 5.56 Å². The van der Waals surface area contributed by atoms with Crippen LogP contribution in [0.5, 0.6) is 5.75 Å². The van der Waals surface area contributed by atoms with E-state index in [0.717, 1.165) is 27.6 Å². The number of hydrogen-bond acceptors (Lipinski definition) is 3. The Bertz CT molecular complexity index is 1400. The lowest BCUT2D eigenvalue weighted by molar-refractivity contribution is -0.0498. The molecule has 0 spiro atoms. The Morgan fingerprint density at radius 3 is 2.22 bits per heavy atom. The molecule has 0 bridgehead atoms. The van der Waals surface area contributed by atoms with Crippen molar-refractivity contribution in [1.82, 2.24) is 9.88 Å². The van der Waals surface area contributed by atoms with Crippen LogP contribution in [0.4, 0.5) is 8.78 Å². The van der Waals surface area contributed by atoms with Crippen molar-refractivity contribution in [3.63, 3.8) is 0 Å². The summed E-state index contributed by atoms with van der Waals surface area (Å²) in [5, 5.41) is 0.991. The highest BCUT2D eigenvalue weighted by Crippen LogP contribution is 2.28. The summed E-state index contributed by atoms with van der Waals surface area (Å²) in [6.07, 6.45) is 0. The smallest absolute Gasteiger partial charge is 0.387 e. The number of fused-ring (bicyclic) bond motifs is 1. The first-order valence-corrected chi connectivity index (χ1v) is 12.5. The second-order valence-corrected chi connectivity index (χ2v) is 10.7. The Labute approximate surface area is 216 Å². The van der Waals surface area contributed by atoms with Gasteiger partial charge >= 0.3 is 6.61 Å². The van der Waals surface area contributed by atoms with E-state index in [-0.39, 0.29) is 22.8 Å². The van der Waals surface area contributed by atoms with Gasteiger partial charge in [0.15, 0.2) is 0 Å². The van der Waals surface area contributed by atoms with E-state index in [1.54, 1.807) is 24.3 Å². The highest BCUT2D eigenvalue weighted by atomic mass is 19.3. The van der Waals surface area contributed by atoms with Crippen LogP contribution in [-0.2, 0) is 18.5 Å². The Kier molecular flexibility index (Phi) is 7.79. The summed E-state index contributed by atoms with van der Waals surface area (Å²) in [5.74, 6) is 0.122. The molecule has 6 heteroatoms. The van der Waals surface area contributed by atoms with Gasteiger partial charge in [-0.3, -0.25) is 9.69 Å². The van der Waals surface area contributed by atoms with Crippen molar-refractivity contribution >= 4 is 10.9 Å². The summed E-state index contributed by atoms with van der Waals surface area (Å²) in [5.41, 5.74) is 5.89. The topological polar surface area (TPSA) is 45.3 Å². The molecule has 0 saturated heterocycles. The fourth-order valence-corrected chi connectivity index (χ4v) is 4.52. The van der Waals surface area contributed by atoms with Crippen molar-refractivity contribution in [2.75, 3.05) is 0 Å². The second-order valence-electron chi connectivity index (χ2n) is 10.7. The van der Waals surface area contributed by atoms with Crippen molar-refractivity contribution in [2.45, 2.75) is 65.8 Å². The number of ether oxygens (including phenoxy) is 1. The number of rotatable bonds is 8. The molecule has 37 heavy (non-hydrogen) atoms. The summed E-state index contributed by atoms with van der Waals surface area (Å²) >= 11 is 0. The predicted molar refractivity (Wildman–Crippen MR) is 145 cm³/mol. The van der Waals surface area contributed by atoms with Crippen molar-refractivity contribution in [1.29, 1.82) is 0 Å². The number of halogens is 2. The van der Waals surface area contributed by atoms with E-state index < -0.39 is 6.61 Å². The Morgan fingerprint density at radius 2 is 1.59 bits per heavy atom. The molecule has 4 rings (SSSR count). The van der Waals surface area contributed by atoms with Crippen LogP contribution in [-0.4, -0.2) is 16.5 Å². The zero-order chi connectivity index (χ0) is 26.7. The van der Waals surface area contributed by atoms with Gasteiger partial charge in [0.2, 0.25) is 0 Å². The number of aromatic amines is 1. The lowest BCUT2D eigenvalue weighted by Crippen LogP contribution is -2.29. The third kappa shape index (κ3) is 6.63. The van der Waals surface area contributed by atoms with E-state index in [2.05, 4.69) is 72.6 Å². The molecule has 3 aromatic carbocycles. The van der Waals surface area contributed by atoms with Crippen LogP contribution in [0.3, 0.4) is 0 Å². The molecule has 0 radical (unpaired) electrons. The predicted octanol–water partition coefficient (Wildman–Crippen LogP) is 7.50. The maximum Gasteiger partial charge on any atom is 0.387 e. The van der Waals surface area contributed by atoms with Gasteiger partial charge in [-0.25, -0.2) is 0 Å². The number of pyridine rings is 1. The number of H-pyrrole nitrogens is 1. The van der Waals surface area contributed by atoms with E-state index in [0.29, 0.717) is 18.7 Å². The lowest BCUT2D eigenvalue weighted by Gasteiger charge is -2.30. The zero-order valence-electron chi connectivity index (χ0n) is 22.0. The van der Waals surface area contributed by atoms with Crippen molar-refractivity contribution in [3.8, 4) is 5.75 Å². The molecule has 1 N–H and O–H groups in total. The van der Waals surface area contributed by atoms with Gasteiger partial charge in [-0.05, 0) is 71.7 Å². The quantitative estimate of drug-likeness (QED) is 0.270. The molecular weight excluding hydrogens is 470 g/mol.